The molecule has 11 heteroatoms. The average molecular weight is 427 g/mol. The number of rotatable bonds is 7. The summed E-state index contributed by atoms with van der Waals surface area (Å²) in [7, 11) is 1.63. The van der Waals surface area contributed by atoms with Gasteiger partial charge in [-0.05, 0) is 25.8 Å². The van der Waals surface area contributed by atoms with Crippen LogP contribution in [0.4, 0.5) is 16.6 Å². The fraction of sp³-hybridized carbons (Fsp3) is 0.500. The molecular weight excluding hydrogens is 402 g/mol. The van der Waals surface area contributed by atoms with Crippen molar-refractivity contribution in [2.24, 2.45) is 0 Å². The number of methoxy groups -OCH3 is 1. The SMILES string of the molecule is COCc1cn2c(Nc3cc([C@@H]4C[C@@H](N(C(=O)O)C5(C)CC5)CO4)[nH]n3)nccc2n1. The summed E-state index contributed by atoms with van der Waals surface area (Å²) < 4.78 is 12.9. The number of aromatic nitrogens is 5. The number of ether oxygens (including phenoxy) is 2. The molecule has 11 nitrogen and oxygen atoms in total. The highest BCUT2D eigenvalue weighted by molar-refractivity contribution is 5.67. The molecule has 1 saturated heterocycles. The van der Waals surface area contributed by atoms with E-state index in [1.54, 1.807) is 18.2 Å². The van der Waals surface area contributed by atoms with E-state index in [1.807, 2.05) is 29.7 Å². The number of carbonyl (C=O) groups is 1. The molecule has 0 aromatic carbocycles. The van der Waals surface area contributed by atoms with E-state index in [-0.39, 0.29) is 17.7 Å². The minimum atomic E-state index is -0.881. The molecule has 3 aromatic rings. The highest BCUT2D eigenvalue weighted by Crippen LogP contribution is 2.45. The van der Waals surface area contributed by atoms with E-state index < -0.39 is 6.09 Å². The number of nitrogens with zero attached hydrogens (tertiary/aromatic N) is 5. The largest absolute Gasteiger partial charge is 0.465 e. The zero-order chi connectivity index (χ0) is 21.6. The first-order valence-corrected chi connectivity index (χ1v) is 10.2. The first-order valence-electron chi connectivity index (χ1n) is 10.2. The number of nitrogens with one attached hydrogen (secondary N) is 2. The quantitative estimate of drug-likeness (QED) is 0.525. The van der Waals surface area contributed by atoms with Crippen LogP contribution in [0.5, 0.6) is 0 Å². The van der Waals surface area contributed by atoms with Gasteiger partial charge in [0, 0.05) is 37.5 Å². The van der Waals surface area contributed by atoms with Gasteiger partial charge in [-0.3, -0.25) is 14.4 Å². The number of hydrogen-bond donors (Lipinski definition) is 3. The molecule has 31 heavy (non-hydrogen) atoms. The maximum absolute atomic E-state index is 11.8. The first-order chi connectivity index (χ1) is 15.0. The zero-order valence-corrected chi connectivity index (χ0v) is 17.4. The van der Waals surface area contributed by atoms with Crippen molar-refractivity contribution in [3.05, 3.63) is 35.9 Å². The molecule has 1 amide bonds. The van der Waals surface area contributed by atoms with Gasteiger partial charge in [0.25, 0.3) is 0 Å². The summed E-state index contributed by atoms with van der Waals surface area (Å²) in [4.78, 5) is 22.2. The third-order valence-corrected chi connectivity index (χ3v) is 6.01. The molecule has 0 bridgehead atoms. The molecule has 4 heterocycles. The van der Waals surface area contributed by atoms with Crippen LogP contribution in [0.2, 0.25) is 0 Å². The van der Waals surface area contributed by atoms with Crippen LogP contribution in [0.3, 0.4) is 0 Å². The van der Waals surface area contributed by atoms with Crippen LogP contribution in [0.25, 0.3) is 5.65 Å². The third-order valence-electron chi connectivity index (χ3n) is 6.01. The second-order valence-electron chi connectivity index (χ2n) is 8.36. The van der Waals surface area contributed by atoms with E-state index in [4.69, 9.17) is 9.47 Å². The van der Waals surface area contributed by atoms with E-state index >= 15 is 0 Å². The van der Waals surface area contributed by atoms with E-state index in [9.17, 15) is 9.90 Å². The zero-order valence-electron chi connectivity index (χ0n) is 17.4. The van der Waals surface area contributed by atoms with Crippen molar-refractivity contribution in [1.29, 1.82) is 0 Å². The lowest BCUT2D eigenvalue weighted by Gasteiger charge is -2.31. The molecule has 5 rings (SSSR count). The molecule has 164 valence electrons. The molecule has 2 fully saturated rings. The van der Waals surface area contributed by atoms with E-state index in [0.717, 1.165) is 29.9 Å². The monoisotopic (exact) mass is 427 g/mol. The van der Waals surface area contributed by atoms with Crippen molar-refractivity contribution in [2.45, 2.75) is 50.5 Å². The summed E-state index contributed by atoms with van der Waals surface area (Å²) in [6.45, 7) is 2.79. The molecule has 2 atom stereocenters. The number of carboxylic acid groups (broad SMARTS) is 1. The molecule has 1 aliphatic heterocycles. The van der Waals surface area contributed by atoms with Gasteiger partial charge in [-0.25, -0.2) is 14.8 Å². The minimum Gasteiger partial charge on any atom is -0.465 e. The topological polar surface area (TPSA) is 130 Å². The summed E-state index contributed by atoms with van der Waals surface area (Å²) in [5.74, 6) is 1.17. The fourth-order valence-corrected chi connectivity index (χ4v) is 4.22. The van der Waals surface area contributed by atoms with Gasteiger partial charge in [0.2, 0.25) is 5.95 Å². The Morgan fingerprint density at radius 3 is 3.10 bits per heavy atom. The second kappa shape index (κ2) is 7.50. The van der Waals surface area contributed by atoms with Crippen LogP contribution in [0.1, 0.15) is 43.7 Å². The van der Waals surface area contributed by atoms with Crippen molar-refractivity contribution < 1.29 is 19.4 Å². The molecule has 3 N–H and O–H groups in total. The number of H-pyrrole nitrogens is 1. The first kappa shape index (κ1) is 19.8. The maximum atomic E-state index is 11.8. The number of hydrogen-bond acceptors (Lipinski definition) is 7. The Bertz CT molecular complexity index is 1110. The van der Waals surface area contributed by atoms with Crippen LogP contribution in [0.15, 0.2) is 24.5 Å². The van der Waals surface area contributed by atoms with Crippen molar-refractivity contribution in [3.8, 4) is 0 Å². The Labute approximate surface area is 178 Å². The molecule has 1 saturated carbocycles. The van der Waals surface area contributed by atoms with Gasteiger partial charge < -0.3 is 19.9 Å². The standard InChI is InChI=1S/C20H25N7O4/c1-20(4-5-20)27(19(28)29)13-7-15(31-11-13)14-8-16(25-24-14)23-18-21-6-3-17-22-12(10-30-2)9-26(17)18/h3,6,8-9,13,15H,4-5,7,10-11H2,1-2H3,(H,28,29)(H2,21,23,24,25)/t13-,15+/m1/s1. The number of amides is 1. The van der Waals surface area contributed by atoms with Crippen molar-refractivity contribution in [1.82, 2.24) is 29.5 Å². The Kier molecular flexibility index (Phi) is 4.78. The number of fused-ring (bicyclic) bond motifs is 1. The van der Waals surface area contributed by atoms with Gasteiger partial charge in [0.05, 0.1) is 30.6 Å². The number of anilines is 2. The van der Waals surface area contributed by atoms with Gasteiger partial charge in [-0.2, -0.15) is 5.10 Å². The normalized spacial score (nSPS) is 22.0. The lowest BCUT2D eigenvalue weighted by Crippen LogP contribution is -2.47. The molecule has 0 radical (unpaired) electrons. The lowest BCUT2D eigenvalue weighted by molar-refractivity contribution is 0.0740. The predicted molar refractivity (Wildman–Crippen MR) is 110 cm³/mol. The Balaban J connectivity index is 1.30. The molecular formula is C20H25N7O4. The fourth-order valence-electron chi connectivity index (χ4n) is 4.22. The second-order valence-corrected chi connectivity index (χ2v) is 8.36. The van der Waals surface area contributed by atoms with Crippen LogP contribution in [-0.2, 0) is 16.1 Å². The highest BCUT2D eigenvalue weighted by atomic mass is 16.5. The highest BCUT2D eigenvalue weighted by Gasteiger charge is 2.50. The predicted octanol–water partition coefficient (Wildman–Crippen LogP) is 2.70. The van der Waals surface area contributed by atoms with Crippen LogP contribution in [0, 0.1) is 0 Å². The molecule has 0 unspecified atom stereocenters. The van der Waals surface area contributed by atoms with Crippen LogP contribution < -0.4 is 5.32 Å². The van der Waals surface area contributed by atoms with Crippen molar-refractivity contribution in [2.75, 3.05) is 19.0 Å². The summed E-state index contributed by atoms with van der Waals surface area (Å²) in [6.07, 6.45) is 4.83. The van der Waals surface area contributed by atoms with Crippen LogP contribution in [-0.4, -0.2) is 66.0 Å². The van der Waals surface area contributed by atoms with E-state index in [0.29, 0.717) is 31.4 Å². The van der Waals surface area contributed by atoms with Gasteiger partial charge in [0.15, 0.2) is 5.82 Å². The third kappa shape index (κ3) is 3.70. The Morgan fingerprint density at radius 1 is 1.52 bits per heavy atom. The molecule has 1 aliphatic carbocycles. The van der Waals surface area contributed by atoms with Gasteiger partial charge in [0.1, 0.15) is 11.8 Å². The number of aromatic amines is 1. The molecule has 2 aliphatic rings. The average Bonchev–Trinajstić information content (AvgIpc) is 3.14. The summed E-state index contributed by atoms with van der Waals surface area (Å²) in [5.41, 5.74) is 2.10. The minimum absolute atomic E-state index is 0.157. The van der Waals surface area contributed by atoms with Gasteiger partial charge >= 0.3 is 6.09 Å². The van der Waals surface area contributed by atoms with E-state index in [2.05, 4.69) is 25.5 Å². The lowest BCUT2D eigenvalue weighted by atomic mass is 10.1. The van der Waals surface area contributed by atoms with Crippen molar-refractivity contribution >= 4 is 23.5 Å². The van der Waals surface area contributed by atoms with Crippen LogP contribution >= 0.6 is 0 Å². The summed E-state index contributed by atoms with van der Waals surface area (Å²) in [5, 5.41) is 20.2. The Morgan fingerprint density at radius 2 is 2.35 bits per heavy atom. The summed E-state index contributed by atoms with van der Waals surface area (Å²) in [6, 6.07) is 3.53. The smallest absolute Gasteiger partial charge is 0.408 e. The Hall–Kier alpha value is -3.18. The number of imidazole rings is 1. The maximum Gasteiger partial charge on any atom is 0.408 e. The van der Waals surface area contributed by atoms with Gasteiger partial charge in [-0.1, -0.05) is 0 Å². The molecule has 3 aromatic heterocycles. The van der Waals surface area contributed by atoms with Crippen molar-refractivity contribution in [3.63, 3.8) is 0 Å². The summed E-state index contributed by atoms with van der Waals surface area (Å²) >= 11 is 0. The van der Waals surface area contributed by atoms with E-state index in [1.165, 1.54) is 0 Å². The molecule has 0 spiro atoms. The van der Waals surface area contributed by atoms with Gasteiger partial charge in [-0.15, -0.1) is 0 Å².